The van der Waals surface area contributed by atoms with E-state index in [2.05, 4.69) is 29.4 Å². The predicted molar refractivity (Wildman–Crippen MR) is 108 cm³/mol. The van der Waals surface area contributed by atoms with Gasteiger partial charge in [-0.1, -0.05) is 18.5 Å². The van der Waals surface area contributed by atoms with Gasteiger partial charge in [-0.2, -0.15) is 0 Å². The molecule has 0 saturated heterocycles. The lowest BCUT2D eigenvalue weighted by atomic mass is 10.1. The van der Waals surface area contributed by atoms with Crippen molar-refractivity contribution < 1.29 is 9.59 Å². The minimum Gasteiger partial charge on any atom is -0.372 e. The Morgan fingerprint density at radius 3 is 2.31 bits per heavy atom. The van der Waals surface area contributed by atoms with Gasteiger partial charge in [0.05, 0.1) is 10.7 Å². The van der Waals surface area contributed by atoms with E-state index < -0.39 is 0 Å². The first-order chi connectivity index (χ1) is 12.4. The average molecular weight is 374 g/mol. The lowest BCUT2D eigenvalue weighted by molar-refractivity contribution is -0.114. The number of rotatable bonds is 7. The molecule has 0 aliphatic rings. The van der Waals surface area contributed by atoms with Crippen LogP contribution in [-0.4, -0.2) is 24.9 Å². The van der Waals surface area contributed by atoms with E-state index in [9.17, 15) is 9.59 Å². The smallest absolute Gasteiger partial charge is 0.255 e. The molecule has 0 aliphatic carbocycles. The van der Waals surface area contributed by atoms with E-state index in [0.29, 0.717) is 22.0 Å². The minimum absolute atomic E-state index is 0.187. The minimum atomic E-state index is -0.253. The van der Waals surface area contributed by atoms with Gasteiger partial charge in [-0.05, 0) is 55.8 Å². The van der Waals surface area contributed by atoms with E-state index >= 15 is 0 Å². The van der Waals surface area contributed by atoms with Crippen LogP contribution < -0.4 is 15.5 Å². The number of carbonyl (C=O) groups is 2. The second kappa shape index (κ2) is 9.25. The molecule has 0 aromatic heterocycles. The molecule has 6 heteroatoms. The third-order valence-electron chi connectivity index (χ3n) is 3.90. The molecule has 2 rings (SSSR count). The fourth-order valence-electron chi connectivity index (χ4n) is 2.66. The normalized spacial score (nSPS) is 10.3. The molecule has 0 heterocycles. The maximum Gasteiger partial charge on any atom is 0.255 e. The van der Waals surface area contributed by atoms with Gasteiger partial charge in [0.15, 0.2) is 0 Å². The molecule has 0 unspecified atom stereocenters. The zero-order valence-corrected chi connectivity index (χ0v) is 16.1. The lowest BCUT2D eigenvalue weighted by Gasteiger charge is -2.22. The molecule has 5 nitrogen and oxygen atoms in total. The van der Waals surface area contributed by atoms with Crippen molar-refractivity contribution in [2.75, 3.05) is 28.6 Å². The zero-order valence-electron chi connectivity index (χ0n) is 15.3. The van der Waals surface area contributed by atoms with E-state index in [1.807, 2.05) is 12.1 Å². The molecule has 0 saturated carbocycles. The number of carbonyl (C=O) groups excluding carboxylic acids is 2. The Bertz CT molecular complexity index is 775. The maximum atomic E-state index is 12.5. The molecular weight excluding hydrogens is 350 g/mol. The highest BCUT2D eigenvalue weighted by molar-refractivity contribution is 6.34. The van der Waals surface area contributed by atoms with Crippen molar-refractivity contribution in [3.8, 4) is 0 Å². The summed E-state index contributed by atoms with van der Waals surface area (Å²) >= 11 is 6.15. The standard InChI is InChI=1S/C20H24ClN3O2/c1-4-12-24(5-2)17-9-6-15(7-10-17)20(26)23-19-13-16(22-14(3)25)8-11-18(19)21/h6-11,13H,4-5,12H2,1-3H3,(H,22,25)(H,23,26). The summed E-state index contributed by atoms with van der Waals surface area (Å²) in [5.41, 5.74) is 2.66. The molecule has 26 heavy (non-hydrogen) atoms. The van der Waals surface area contributed by atoms with Crippen LogP contribution in [0.5, 0.6) is 0 Å². The van der Waals surface area contributed by atoms with E-state index in [4.69, 9.17) is 11.6 Å². The number of nitrogens with zero attached hydrogens (tertiary/aromatic N) is 1. The van der Waals surface area contributed by atoms with E-state index in [0.717, 1.165) is 25.2 Å². The Hall–Kier alpha value is -2.53. The summed E-state index contributed by atoms with van der Waals surface area (Å²) in [7, 11) is 0. The van der Waals surface area contributed by atoms with Crippen LogP contribution in [-0.2, 0) is 4.79 Å². The number of amides is 2. The summed E-state index contributed by atoms with van der Waals surface area (Å²) < 4.78 is 0. The SMILES string of the molecule is CCCN(CC)c1ccc(C(=O)Nc2cc(NC(C)=O)ccc2Cl)cc1. The molecular formula is C20H24ClN3O2. The molecule has 0 aliphatic heterocycles. The van der Waals surface area contributed by atoms with Crippen LogP contribution in [0.3, 0.4) is 0 Å². The first-order valence-corrected chi connectivity index (χ1v) is 9.05. The van der Waals surface area contributed by atoms with Crippen molar-refractivity contribution in [2.24, 2.45) is 0 Å². The van der Waals surface area contributed by atoms with Crippen molar-refractivity contribution in [3.05, 3.63) is 53.1 Å². The quantitative estimate of drug-likeness (QED) is 0.733. The van der Waals surface area contributed by atoms with Crippen molar-refractivity contribution in [3.63, 3.8) is 0 Å². The highest BCUT2D eigenvalue weighted by atomic mass is 35.5. The number of halogens is 1. The van der Waals surface area contributed by atoms with Gasteiger partial charge in [0.2, 0.25) is 5.91 Å². The van der Waals surface area contributed by atoms with E-state index in [1.54, 1.807) is 30.3 Å². The first kappa shape index (κ1) is 19.8. The van der Waals surface area contributed by atoms with Gasteiger partial charge in [0, 0.05) is 37.0 Å². The fourth-order valence-corrected chi connectivity index (χ4v) is 2.82. The Balaban J connectivity index is 2.13. The van der Waals surface area contributed by atoms with Crippen LogP contribution in [0.15, 0.2) is 42.5 Å². The summed E-state index contributed by atoms with van der Waals surface area (Å²) in [5, 5.41) is 5.87. The number of nitrogens with one attached hydrogen (secondary N) is 2. The van der Waals surface area contributed by atoms with Crippen molar-refractivity contribution >= 4 is 40.5 Å². The summed E-state index contributed by atoms with van der Waals surface area (Å²) in [4.78, 5) is 25.9. The highest BCUT2D eigenvalue weighted by Gasteiger charge is 2.11. The Kier molecular flexibility index (Phi) is 7.04. The Labute approximate surface area is 159 Å². The molecule has 0 atom stereocenters. The number of benzene rings is 2. The molecule has 0 spiro atoms. The molecule has 2 amide bonds. The van der Waals surface area contributed by atoms with Gasteiger partial charge in [-0.3, -0.25) is 9.59 Å². The van der Waals surface area contributed by atoms with E-state index in [-0.39, 0.29) is 11.8 Å². The zero-order chi connectivity index (χ0) is 19.1. The highest BCUT2D eigenvalue weighted by Crippen LogP contribution is 2.26. The van der Waals surface area contributed by atoms with Crippen LogP contribution in [0.1, 0.15) is 37.6 Å². The fraction of sp³-hybridized carbons (Fsp3) is 0.300. The van der Waals surface area contributed by atoms with Crippen LogP contribution in [0.2, 0.25) is 5.02 Å². The molecule has 138 valence electrons. The van der Waals surface area contributed by atoms with Gasteiger partial charge in [-0.25, -0.2) is 0 Å². The van der Waals surface area contributed by atoms with Gasteiger partial charge < -0.3 is 15.5 Å². The van der Waals surface area contributed by atoms with Crippen LogP contribution in [0, 0.1) is 0 Å². The first-order valence-electron chi connectivity index (χ1n) is 8.68. The van der Waals surface area contributed by atoms with E-state index in [1.165, 1.54) is 6.92 Å². The summed E-state index contributed by atoms with van der Waals surface area (Å²) in [6.45, 7) is 7.58. The lowest BCUT2D eigenvalue weighted by Crippen LogP contribution is -2.23. The third kappa shape index (κ3) is 5.23. The van der Waals surface area contributed by atoms with Crippen molar-refractivity contribution in [1.82, 2.24) is 0 Å². The number of hydrogen-bond donors (Lipinski definition) is 2. The monoisotopic (exact) mass is 373 g/mol. The molecule has 0 fully saturated rings. The van der Waals surface area contributed by atoms with Gasteiger partial charge in [-0.15, -0.1) is 0 Å². The van der Waals surface area contributed by atoms with Crippen molar-refractivity contribution in [1.29, 1.82) is 0 Å². The van der Waals surface area contributed by atoms with Crippen LogP contribution >= 0.6 is 11.6 Å². The molecule has 2 aromatic carbocycles. The molecule has 0 bridgehead atoms. The second-order valence-electron chi connectivity index (χ2n) is 5.96. The second-order valence-corrected chi connectivity index (χ2v) is 6.36. The topological polar surface area (TPSA) is 61.4 Å². The summed E-state index contributed by atoms with van der Waals surface area (Å²) in [6.07, 6.45) is 1.07. The Morgan fingerprint density at radius 1 is 1.04 bits per heavy atom. The average Bonchev–Trinajstić information content (AvgIpc) is 2.62. The Morgan fingerprint density at radius 2 is 1.73 bits per heavy atom. The third-order valence-corrected chi connectivity index (χ3v) is 4.23. The predicted octanol–water partition coefficient (Wildman–Crippen LogP) is 4.79. The summed E-state index contributed by atoms with van der Waals surface area (Å²) in [5.74, 6) is -0.440. The van der Waals surface area contributed by atoms with Crippen molar-refractivity contribution in [2.45, 2.75) is 27.2 Å². The largest absolute Gasteiger partial charge is 0.372 e. The molecule has 2 N–H and O–H groups in total. The summed E-state index contributed by atoms with van der Waals surface area (Å²) in [6, 6.07) is 12.4. The van der Waals surface area contributed by atoms with Gasteiger partial charge in [0.1, 0.15) is 0 Å². The molecule has 0 radical (unpaired) electrons. The maximum absolute atomic E-state index is 12.5. The van der Waals surface area contributed by atoms with Crippen LogP contribution in [0.4, 0.5) is 17.1 Å². The van der Waals surface area contributed by atoms with Crippen LogP contribution in [0.25, 0.3) is 0 Å². The number of anilines is 3. The number of hydrogen-bond acceptors (Lipinski definition) is 3. The molecule has 2 aromatic rings. The van der Waals surface area contributed by atoms with Gasteiger partial charge in [0.25, 0.3) is 5.91 Å². The van der Waals surface area contributed by atoms with Gasteiger partial charge >= 0.3 is 0 Å².